The van der Waals surface area contributed by atoms with E-state index in [1.165, 1.54) is 0 Å². The maximum Gasteiger partial charge on any atom is 0.157 e. The SMILES string of the molecule is CCc1c(Cl)ccc2c1ccn2S(=O)c1ccccc1. The van der Waals surface area contributed by atoms with Crippen LogP contribution in [0.3, 0.4) is 0 Å². The van der Waals surface area contributed by atoms with Gasteiger partial charge in [-0.15, -0.1) is 0 Å². The third-order valence-corrected chi connectivity index (χ3v) is 5.07. The number of benzene rings is 2. The summed E-state index contributed by atoms with van der Waals surface area (Å²) in [7, 11) is -1.23. The molecule has 0 saturated heterocycles. The topological polar surface area (TPSA) is 22.0 Å². The zero-order chi connectivity index (χ0) is 14.1. The number of hydrogen-bond donors (Lipinski definition) is 0. The summed E-state index contributed by atoms with van der Waals surface area (Å²) in [5.74, 6) is 0. The first-order chi connectivity index (χ1) is 9.72. The van der Waals surface area contributed by atoms with Gasteiger partial charge in [-0.1, -0.05) is 36.7 Å². The molecule has 0 saturated carbocycles. The van der Waals surface area contributed by atoms with Gasteiger partial charge in [0, 0.05) is 16.6 Å². The molecule has 1 heterocycles. The molecule has 0 N–H and O–H groups in total. The predicted octanol–water partition coefficient (Wildman–Crippen LogP) is 4.43. The highest BCUT2D eigenvalue weighted by Gasteiger charge is 2.12. The maximum absolute atomic E-state index is 12.6. The highest BCUT2D eigenvalue weighted by molar-refractivity contribution is 7.83. The van der Waals surface area contributed by atoms with Crippen molar-refractivity contribution in [2.45, 2.75) is 18.2 Å². The fraction of sp³-hybridized carbons (Fsp3) is 0.125. The highest BCUT2D eigenvalue weighted by Crippen LogP contribution is 2.28. The molecule has 1 aromatic heterocycles. The van der Waals surface area contributed by atoms with Gasteiger partial charge in [-0.3, -0.25) is 3.97 Å². The minimum absolute atomic E-state index is 0.767. The van der Waals surface area contributed by atoms with Gasteiger partial charge in [-0.25, -0.2) is 4.21 Å². The molecule has 0 bridgehead atoms. The van der Waals surface area contributed by atoms with Crippen molar-refractivity contribution in [1.29, 1.82) is 0 Å². The number of nitrogens with zero attached hydrogens (tertiary/aromatic N) is 1. The monoisotopic (exact) mass is 303 g/mol. The van der Waals surface area contributed by atoms with E-state index in [0.29, 0.717) is 0 Å². The molecule has 2 aromatic carbocycles. The van der Waals surface area contributed by atoms with Gasteiger partial charge in [0.15, 0.2) is 11.0 Å². The van der Waals surface area contributed by atoms with Gasteiger partial charge in [-0.2, -0.15) is 0 Å². The lowest BCUT2D eigenvalue weighted by Crippen LogP contribution is -2.03. The minimum atomic E-state index is -1.23. The van der Waals surface area contributed by atoms with Crippen LogP contribution in [0.1, 0.15) is 12.5 Å². The van der Waals surface area contributed by atoms with Gasteiger partial charge in [-0.05, 0) is 42.3 Å². The first kappa shape index (κ1) is 13.4. The summed E-state index contributed by atoms with van der Waals surface area (Å²) in [4.78, 5) is 0.790. The lowest BCUT2D eigenvalue weighted by molar-refractivity contribution is 0.678. The van der Waals surface area contributed by atoms with E-state index in [1.807, 2.05) is 54.7 Å². The summed E-state index contributed by atoms with van der Waals surface area (Å²) < 4.78 is 14.4. The maximum atomic E-state index is 12.6. The third kappa shape index (κ3) is 2.17. The average Bonchev–Trinajstić information content (AvgIpc) is 2.91. The van der Waals surface area contributed by atoms with Crippen molar-refractivity contribution in [3.05, 3.63) is 65.3 Å². The summed E-state index contributed by atoms with van der Waals surface area (Å²) >= 11 is 6.22. The largest absolute Gasteiger partial charge is 0.263 e. The summed E-state index contributed by atoms with van der Waals surface area (Å²) in [6.45, 7) is 2.08. The fourth-order valence-corrected chi connectivity index (χ4v) is 3.81. The highest BCUT2D eigenvalue weighted by atomic mass is 35.5. The van der Waals surface area contributed by atoms with Gasteiger partial charge in [0.2, 0.25) is 0 Å². The van der Waals surface area contributed by atoms with E-state index < -0.39 is 11.0 Å². The first-order valence-corrected chi connectivity index (χ1v) is 7.96. The smallest absolute Gasteiger partial charge is 0.157 e. The van der Waals surface area contributed by atoms with Crippen molar-refractivity contribution in [3.63, 3.8) is 0 Å². The van der Waals surface area contributed by atoms with Crippen molar-refractivity contribution >= 4 is 33.5 Å². The lowest BCUT2D eigenvalue weighted by Gasteiger charge is -2.07. The van der Waals surface area contributed by atoms with Gasteiger partial charge in [0.1, 0.15) is 0 Å². The first-order valence-electron chi connectivity index (χ1n) is 6.48. The molecule has 1 atom stereocenters. The molecular weight excluding hydrogens is 290 g/mol. The summed E-state index contributed by atoms with van der Waals surface area (Å²) in [6.07, 6.45) is 2.72. The van der Waals surface area contributed by atoms with E-state index in [0.717, 1.165) is 32.8 Å². The molecule has 2 nitrogen and oxygen atoms in total. The molecule has 0 aliphatic heterocycles. The second-order valence-electron chi connectivity index (χ2n) is 4.52. The predicted molar refractivity (Wildman–Crippen MR) is 84.6 cm³/mol. The van der Waals surface area contributed by atoms with Crippen molar-refractivity contribution in [1.82, 2.24) is 3.97 Å². The minimum Gasteiger partial charge on any atom is -0.263 e. The summed E-state index contributed by atoms with van der Waals surface area (Å²) in [5, 5.41) is 1.84. The molecule has 0 radical (unpaired) electrons. The number of rotatable bonds is 3. The van der Waals surface area contributed by atoms with E-state index in [1.54, 1.807) is 3.97 Å². The van der Waals surface area contributed by atoms with E-state index in [9.17, 15) is 4.21 Å². The molecule has 102 valence electrons. The number of hydrogen-bond acceptors (Lipinski definition) is 1. The fourth-order valence-electron chi connectivity index (χ4n) is 2.38. The zero-order valence-corrected chi connectivity index (χ0v) is 12.6. The van der Waals surface area contributed by atoms with Gasteiger partial charge in [0.25, 0.3) is 0 Å². The molecule has 0 amide bonds. The average molecular weight is 304 g/mol. The van der Waals surface area contributed by atoms with Crippen LogP contribution in [0.5, 0.6) is 0 Å². The molecule has 4 heteroatoms. The molecular formula is C16H14ClNOS. The van der Waals surface area contributed by atoms with Crippen LogP contribution in [-0.4, -0.2) is 8.18 Å². The van der Waals surface area contributed by atoms with Crippen LogP contribution in [0.25, 0.3) is 10.9 Å². The molecule has 0 aliphatic rings. The van der Waals surface area contributed by atoms with E-state index in [2.05, 4.69) is 6.92 Å². The Kier molecular flexibility index (Phi) is 3.64. The van der Waals surface area contributed by atoms with Gasteiger partial charge in [0.05, 0.1) is 10.4 Å². The van der Waals surface area contributed by atoms with Gasteiger partial charge >= 0.3 is 0 Å². The number of aromatic nitrogens is 1. The Labute approximate surface area is 125 Å². The quantitative estimate of drug-likeness (QED) is 0.701. The third-order valence-electron chi connectivity index (χ3n) is 3.37. The lowest BCUT2D eigenvalue weighted by atomic mass is 10.1. The Morgan fingerprint density at radius 3 is 2.55 bits per heavy atom. The van der Waals surface area contributed by atoms with Gasteiger partial charge < -0.3 is 0 Å². The van der Waals surface area contributed by atoms with Crippen LogP contribution >= 0.6 is 11.6 Å². The molecule has 1 unspecified atom stereocenters. The van der Waals surface area contributed by atoms with Crippen molar-refractivity contribution in [3.8, 4) is 0 Å². The van der Waals surface area contributed by atoms with Crippen LogP contribution in [-0.2, 0) is 17.4 Å². The molecule has 3 aromatic rings. The Morgan fingerprint density at radius 1 is 1.10 bits per heavy atom. The Morgan fingerprint density at radius 2 is 1.85 bits per heavy atom. The van der Waals surface area contributed by atoms with E-state index in [4.69, 9.17) is 11.6 Å². The standard InChI is InChI=1S/C16H14ClNOS/c1-2-13-14-10-11-18(16(14)9-8-15(13)17)20(19)12-6-4-3-5-7-12/h3-11H,2H2,1H3. The number of halogens is 1. The van der Waals surface area contributed by atoms with Crippen molar-refractivity contribution in [2.75, 3.05) is 0 Å². The normalized spacial score (nSPS) is 12.7. The molecule has 0 spiro atoms. The number of fused-ring (bicyclic) bond motifs is 1. The zero-order valence-electron chi connectivity index (χ0n) is 11.0. The van der Waals surface area contributed by atoms with Crippen LogP contribution in [0.2, 0.25) is 5.02 Å². The second-order valence-corrected chi connectivity index (χ2v) is 6.29. The Bertz CT molecular complexity index is 780. The Balaban J connectivity index is 2.17. The Hall–Kier alpha value is -1.58. The van der Waals surface area contributed by atoms with Crippen LogP contribution in [0, 0.1) is 0 Å². The summed E-state index contributed by atoms with van der Waals surface area (Å²) in [6, 6.07) is 15.3. The molecule has 20 heavy (non-hydrogen) atoms. The van der Waals surface area contributed by atoms with E-state index in [-0.39, 0.29) is 0 Å². The van der Waals surface area contributed by atoms with Crippen LogP contribution in [0.15, 0.2) is 59.6 Å². The van der Waals surface area contributed by atoms with Crippen molar-refractivity contribution in [2.24, 2.45) is 0 Å². The van der Waals surface area contributed by atoms with Crippen molar-refractivity contribution < 1.29 is 4.21 Å². The molecule has 3 rings (SSSR count). The van der Waals surface area contributed by atoms with E-state index >= 15 is 0 Å². The molecule has 0 fully saturated rings. The number of aryl methyl sites for hydroxylation is 1. The summed E-state index contributed by atoms with van der Waals surface area (Å²) in [5.41, 5.74) is 2.06. The second kappa shape index (κ2) is 5.43. The van der Waals surface area contributed by atoms with Crippen LogP contribution in [0.4, 0.5) is 0 Å². The van der Waals surface area contributed by atoms with Crippen LogP contribution < -0.4 is 0 Å². The molecule has 0 aliphatic carbocycles.